The molecule has 0 aromatic carbocycles. The van der Waals surface area contributed by atoms with Crippen LogP contribution in [-0.2, 0) is 19.1 Å². The van der Waals surface area contributed by atoms with Gasteiger partial charge in [-0.25, -0.2) is 14.3 Å². The first-order valence-electron chi connectivity index (χ1n) is 18.2. The van der Waals surface area contributed by atoms with Gasteiger partial charge in [0.15, 0.2) is 0 Å². The first-order valence-corrected chi connectivity index (χ1v) is 19.3. The molecule has 5 aliphatic rings. The lowest BCUT2D eigenvalue weighted by atomic mass is 9.98. The Morgan fingerprint density at radius 2 is 1.76 bits per heavy atom. The van der Waals surface area contributed by atoms with E-state index in [-0.39, 0.29) is 30.4 Å². The molecule has 270 valence electrons. The van der Waals surface area contributed by atoms with Crippen LogP contribution < -0.4 is 21.1 Å². The number of carboxylic acids is 1. The number of rotatable bonds is 5. The van der Waals surface area contributed by atoms with E-state index in [9.17, 15) is 29.1 Å². The van der Waals surface area contributed by atoms with Crippen LogP contribution in [-0.4, -0.2) is 98.0 Å². The van der Waals surface area contributed by atoms with Gasteiger partial charge in [-0.1, -0.05) is 32.1 Å². The van der Waals surface area contributed by atoms with Gasteiger partial charge in [0.2, 0.25) is 11.8 Å². The van der Waals surface area contributed by atoms with Crippen molar-refractivity contribution in [3.05, 3.63) is 22.1 Å². The molecule has 1 aromatic rings. The lowest BCUT2D eigenvalue weighted by molar-refractivity contribution is -0.146. The van der Waals surface area contributed by atoms with Crippen LogP contribution in [0.3, 0.4) is 0 Å². The average Bonchev–Trinajstić information content (AvgIpc) is 3.56. The number of anilines is 1. The Morgan fingerprint density at radius 1 is 1.04 bits per heavy atom. The van der Waals surface area contributed by atoms with Gasteiger partial charge < -0.3 is 30.3 Å². The zero-order valence-corrected chi connectivity index (χ0v) is 29.9. The minimum absolute atomic E-state index is 0.0295. The first kappa shape index (κ1) is 35.5. The smallest absolute Gasteiger partial charge is 0.408 e. The van der Waals surface area contributed by atoms with Gasteiger partial charge in [0.1, 0.15) is 23.2 Å². The van der Waals surface area contributed by atoms with Crippen molar-refractivity contribution >= 4 is 41.3 Å². The number of nitrogens with zero attached hydrogens (tertiary/aromatic N) is 4. The molecule has 1 aromatic heterocycles. The second kappa shape index (κ2) is 14.5. The molecule has 13 nitrogen and oxygen atoms in total. The summed E-state index contributed by atoms with van der Waals surface area (Å²) < 4.78 is 6.95. The highest BCUT2D eigenvalue weighted by Gasteiger charge is 2.62. The largest absolute Gasteiger partial charge is 0.479 e. The SMILES string of the molecule is CC(C)(C)OC(=O)N[C@@H]1CCCCCCC[C@@H]2C[C@]2(C(=O)O)NC(=O)C2C[C@H](n3ncc(N4CCCC4)c(C4CCSC4)c3=O)CN2C1=O. The van der Waals surface area contributed by atoms with Crippen molar-refractivity contribution in [2.24, 2.45) is 5.92 Å². The molecule has 1 saturated carbocycles. The summed E-state index contributed by atoms with van der Waals surface area (Å²) >= 11 is 1.84. The van der Waals surface area contributed by atoms with Crippen LogP contribution in [0.25, 0.3) is 0 Å². The average molecular weight is 701 g/mol. The number of carbonyl (C=O) groups is 4. The van der Waals surface area contributed by atoms with Crippen LogP contribution in [0.2, 0.25) is 0 Å². The van der Waals surface area contributed by atoms with E-state index in [1.807, 2.05) is 11.8 Å². The molecular weight excluding hydrogens is 648 g/mol. The third-order valence-corrected chi connectivity index (χ3v) is 12.0. The van der Waals surface area contributed by atoms with Crippen LogP contribution in [0.15, 0.2) is 11.0 Å². The number of nitrogens with one attached hydrogen (secondary N) is 2. The number of alkyl carbamates (subject to hydrolysis) is 1. The number of carbonyl (C=O) groups excluding carboxylic acids is 3. The lowest BCUT2D eigenvalue weighted by Crippen LogP contribution is -2.56. The third-order valence-electron chi connectivity index (χ3n) is 10.9. The summed E-state index contributed by atoms with van der Waals surface area (Å²) in [5, 5.41) is 20.5. The highest BCUT2D eigenvalue weighted by molar-refractivity contribution is 7.99. The number of hydrogen-bond acceptors (Lipinski definition) is 9. The predicted molar refractivity (Wildman–Crippen MR) is 186 cm³/mol. The fourth-order valence-electron chi connectivity index (χ4n) is 8.20. The molecule has 0 radical (unpaired) electrons. The van der Waals surface area contributed by atoms with E-state index >= 15 is 0 Å². The number of aromatic nitrogens is 2. The minimum atomic E-state index is -1.36. The van der Waals surface area contributed by atoms with Crippen molar-refractivity contribution in [1.82, 2.24) is 25.3 Å². The maximum atomic E-state index is 14.4. The zero-order valence-electron chi connectivity index (χ0n) is 29.1. The Hall–Kier alpha value is -3.29. The van der Waals surface area contributed by atoms with Gasteiger partial charge in [-0.2, -0.15) is 16.9 Å². The van der Waals surface area contributed by atoms with Gasteiger partial charge in [-0.05, 0) is 71.0 Å². The first-order chi connectivity index (χ1) is 23.4. The number of fused-ring (bicyclic) bond motifs is 2. The fourth-order valence-corrected chi connectivity index (χ4v) is 9.43. The van der Waals surface area contributed by atoms with Gasteiger partial charge in [-0.3, -0.25) is 14.4 Å². The van der Waals surface area contributed by atoms with Crippen molar-refractivity contribution in [2.75, 3.05) is 36.0 Å². The molecular formula is C35H52N6O7S. The topological polar surface area (TPSA) is 163 Å². The van der Waals surface area contributed by atoms with E-state index < -0.39 is 53.1 Å². The van der Waals surface area contributed by atoms with Gasteiger partial charge in [0.25, 0.3) is 5.56 Å². The molecule has 3 amide bonds. The number of aliphatic carboxylic acids is 1. The summed E-state index contributed by atoms with van der Waals surface area (Å²) in [6, 6.07) is -2.60. The van der Waals surface area contributed by atoms with Crippen LogP contribution in [0.4, 0.5) is 10.5 Å². The molecule has 2 unspecified atom stereocenters. The summed E-state index contributed by atoms with van der Waals surface area (Å²) in [5.74, 6) is -0.300. The molecule has 14 heteroatoms. The van der Waals surface area contributed by atoms with Crippen molar-refractivity contribution in [3.63, 3.8) is 0 Å². The molecule has 4 saturated heterocycles. The van der Waals surface area contributed by atoms with Crippen molar-refractivity contribution in [1.29, 1.82) is 0 Å². The van der Waals surface area contributed by atoms with Crippen LogP contribution in [0.5, 0.6) is 0 Å². The standard InChI is InChI=1S/C35H52N6O7S/c1-34(2,3)48-33(47)37-25-12-8-6-4-5-7-11-23-18-35(23,32(45)46)38-29(42)26-17-24(20-40(26)30(25)43)41-31(44)28(22-13-16-49-21-22)27(19-36-41)39-14-9-10-15-39/h19,22-26H,4-18,20-21H2,1-3H3,(H,37,47)(H,38,42)(H,45,46)/t22?,23-,24+,25-,26?,35+/m1/s1. The highest BCUT2D eigenvalue weighted by Crippen LogP contribution is 2.48. The molecule has 4 aliphatic heterocycles. The second-order valence-electron chi connectivity index (χ2n) is 15.6. The fraction of sp³-hybridized carbons (Fsp3) is 0.771. The molecule has 1 aliphatic carbocycles. The summed E-state index contributed by atoms with van der Waals surface area (Å²) in [6.45, 7) is 7.03. The molecule has 6 rings (SSSR count). The Morgan fingerprint density at radius 3 is 2.43 bits per heavy atom. The van der Waals surface area contributed by atoms with Gasteiger partial charge in [0, 0.05) is 43.3 Å². The van der Waals surface area contributed by atoms with Gasteiger partial charge in [-0.15, -0.1) is 0 Å². The number of hydrogen-bond donors (Lipinski definition) is 3. The Labute approximate surface area is 292 Å². The molecule has 3 N–H and O–H groups in total. The normalized spacial score (nSPS) is 31.3. The monoisotopic (exact) mass is 700 g/mol. The molecule has 0 spiro atoms. The number of ether oxygens (including phenoxy) is 1. The van der Waals surface area contributed by atoms with Crippen LogP contribution >= 0.6 is 11.8 Å². The molecule has 49 heavy (non-hydrogen) atoms. The summed E-state index contributed by atoms with van der Waals surface area (Å²) in [5.41, 5.74) is -0.679. The highest BCUT2D eigenvalue weighted by atomic mass is 32.2. The quantitative estimate of drug-likeness (QED) is 0.412. The van der Waals surface area contributed by atoms with E-state index in [1.54, 1.807) is 27.0 Å². The molecule has 5 heterocycles. The Bertz CT molecular complexity index is 1480. The van der Waals surface area contributed by atoms with Crippen molar-refractivity contribution in [3.8, 4) is 0 Å². The lowest BCUT2D eigenvalue weighted by Gasteiger charge is -2.30. The van der Waals surface area contributed by atoms with Gasteiger partial charge >= 0.3 is 12.1 Å². The van der Waals surface area contributed by atoms with E-state index in [4.69, 9.17) is 4.74 Å². The number of amides is 3. The molecule has 5 fully saturated rings. The van der Waals surface area contributed by atoms with Crippen molar-refractivity contribution in [2.45, 2.75) is 133 Å². The van der Waals surface area contributed by atoms with Crippen LogP contribution in [0.1, 0.15) is 115 Å². The predicted octanol–water partition coefficient (Wildman–Crippen LogP) is 3.80. The van der Waals surface area contributed by atoms with Crippen LogP contribution in [0, 0.1) is 5.92 Å². The van der Waals surface area contributed by atoms with Crippen molar-refractivity contribution < 1.29 is 29.0 Å². The molecule has 0 bridgehead atoms. The molecule has 6 atom stereocenters. The van der Waals surface area contributed by atoms with E-state index in [2.05, 4.69) is 20.6 Å². The Kier molecular flexibility index (Phi) is 10.5. The second-order valence-corrected chi connectivity index (χ2v) is 16.7. The van der Waals surface area contributed by atoms with E-state index in [0.29, 0.717) is 25.7 Å². The maximum Gasteiger partial charge on any atom is 0.408 e. The minimum Gasteiger partial charge on any atom is -0.479 e. The number of carboxylic acid groups (broad SMARTS) is 1. The Balaban J connectivity index is 1.34. The zero-order chi connectivity index (χ0) is 34.9. The maximum absolute atomic E-state index is 14.4. The van der Waals surface area contributed by atoms with E-state index in [1.165, 1.54) is 9.58 Å². The summed E-state index contributed by atoms with van der Waals surface area (Å²) in [7, 11) is 0. The van der Waals surface area contributed by atoms with E-state index in [0.717, 1.165) is 80.8 Å². The third kappa shape index (κ3) is 7.73. The summed E-state index contributed by atoms with van der Waals surface area (Å²) in [4.78, 5) is 72.1. The van der Waals surface area contributed by atoms with Gasteiger partial charge in [0.05, 0.1) is 17.9 Å². The summed E-state index contributed by atoms with van der Waals surface area (Å²) in [6.07, 6.45) is 9.85. The number of thioether (sulfide) groups is 1.